The first-order chi connectivity index (χ1) is 12.1. The van der Waals surface area contributed by atoms with E-state index in [1.54, 1.807) is 11.1 Å². The summed E-state index contributed by atoms with van der Waals surface area (Å²) in [6.07, 6.45) is 3.71. The van der Waals surface area contributed by atoms with Gasteiger partial charge >= 0.3 is 6.03 Å². The van der Waals surface area contributed by atoms with Gasteiger partial charge in [0.15, 0.2) is 0 Å². The van der Waals surface area contributed by atoms with Crippen molar-refractivity contribution in [2.75, 3.05) is 23.3 Å². The average molecular weight is 359 g/mol. The van der Waals surface area contributed by atoms with Crippen LogP contribution in [0.3, 0.4) is 0 Å². The number of hydrogen-bond donors (Lipinski definition) is 3. The molecule has 4 heterocycles. The molecule has 3 amide bonds. The number of thiophene rings is 1. The van der Waals surface area contributed by atoms with Gasteiger partial charge in [0.1, 0.15) is 9.71 Å². The van der Waals surface area contributed by atoms with Crippen LogP contribution in [0.15, 0.2) is 12.3 Å². The lowest BCUT2D eigenvalue weighted by molar-refractivity contribution is 0.0935. The monoisotopic (exact) mass is 359 g/mol. The molecule has 0 spiro atoms. The molecule has 2 aromatic heterocycles. The summed E-state index contributed by atoms with van der Waals surface area (Å²) >= 11 is 1.33. The normalized spacial score (nSPS) is 20.0. The zero-order valence-corrected chi connectivity index (χ0v) is 15.1. The number of anilines is 2. The highest BCUT2D eigenvalue weighted by molar-refractivity contribution is 7.21. The molecule has 2 aromatic rings. The van der Waals surface area contributed by atoms with E-state index in [1.165, 1.54) is 11.3 Å². The van der Waals surface area contributed by atoms with Gasteiger partial charge in [0, 0.05) is 24.8 Å². The summed E-state index contributed by atoms with van der Waals surface area (Å²) in [5.74, 6) is -0.143. The maximum absolute atomic E-state index is 12.8. The summed E-state index contributed by atoms with van der Waals surface area (Å²) < 4.78 is 0. The zero-order chi connectivity index (χ0) is 17.6. The van der Waals surface area contributed by atoms with Gasteiger partial charge in [0.25, 0.3) is 5.91 Å². The number of nitrogens with one attached hydrogen (secondary N) is 3. The molecule has 2 aliphatic heterocycles. The Labute approximate surface area is 149 Å². The number of hydrogen-bond acceptors (Lipinski definition) is 5. The predicted molar refractivity (Wildman–Crippen MR) is 99.6 cm³/mol. The van der Waals surface area contributed by atoms with Gasteiger partial charge in [-0.2, -0.15) is 0 Å². The van der Waals surface area contributed by atoms with E-state index in [1.807, 2.05) is 19.9 Å². The van der Waals surface area contributed by atoms with E-state index in [2.05, 4.69) is 20.9 Å². The first kappa shape index (κ1) is 16.3. The first-order valence-corrected chi connectivity index (χ1v) is 9.41. The van der Waals surface area contributed by atoms with Crippen LogP contribution in [0.1, 0.15) is 36.4 Å². The van der Waals surface area contributed by atoms with Gasteiger partial charge in [-0.1, -0.05) is 0 Å². The Morgan fingerprint density at radius 3 is 3.04 bits per heavy atom. The highest BCUT2D eigenvalue weighted by Crippen LogP contribution is 2.43. The van der Waals surface area contributed by atoms with Crippen LogP contribution in [-0.4, -0.2) is 42.1 Å². The number of carbonyl (C=O) groups excluding carboxylic acids is 2. The minimum Gasteiger partial charge on any atom is -0.347 e. The lowest BCUT2D eigenvalue weighted by atomic mass is 10.1. The molecule has 0 bridgehead atoms. The fourth-order valence-electron chi connectivity index (χ4n) is 3.50. The van der Waals surface area contributed by atoms with Crippen LogP contribution in [0.25, 0.3) is 10.2 Å². The molecule has 1 fully saturated rings. The van der Waals surface area contributed by atoms with Crippen LogP contribution < -0.4 is 20.9 Å². The molecule has 25 heavy (non-hydrogen) atoms. The van der Waals surface area contributed by atoms with Crippen LogP contribution in [0.2, 0.25) is 0 Å². The number of amides is 3. The number of carbonyl (C=O) groups is 2. The third-order valence-electron chi connectivity index (χ3n) is 4.63. The molecule has 4 rings (SSSR count). The zero-order valence-electron chi connectivity index (χ0n) is 14.3. The lowest BCUT2D eigenvalue weighted by Crippen LogP contribution is -2.46. The molecule has 8 heteroatoms. The van der Waals surface area contributed by atoms with Gasteiger partial charge in [0.05, 0.1) is 16.8 Å². The van der Waals surface area contributed by atoms with Crippen molar-refractivity contribution < 1.29 is 9.59 Å². The Kier molecular flexibility index (Phi) is 4.09. The minimum absolute atomic E-state index is 0.0178. The average Bonchev–Trinajstić information content (AvgIpc) is 2.95. The van der Waals surface area contributed by atoms with E-state index in [4.69, 9.17) is 0 Å². The number of aromatic nitrogens is 1. The van der Waals surface area contributed by atoms with Gasteiger partial charge in [-0.15, -0.1) is 11.3 Å². The first-order valence-electron chi connectivity index (χ1n) is 8.59. The third kappa shape index (κ3) is 2.75. The van der Waals surface area contributed by atoms with Crippen molar-refractivity contribution in [3.8, 4) is 0 Å². The molecule has 0 radical (unpaired) electrons. The van der Waals surface area contributed by atoms with E-state index in [-0.39, 0.29) is 24.0 Å². The van der Waals surface area contributed by atoms with Gasteiger partial charge < -0.3 is 16.0 Å². The molecular weight excluding hydrogens is 338 g/mol. The molecule has 0 unspecified atom stereocenters. The number of pyridine rings is 1. The van der Waals surface area contributed by atoms with Crippen LogP contribution in [0.5, 0.6) is 0 Å². The van der Waals surface area contributed by atoms with E-state index < -0.39 is 0 Å². The van der Waals surface area contributed by atoms with Crippen LogP contribution in [-0.2, 0) is 0 Å². The fraction of sp³-hybridized carbons (Fsp3) is 0.471. The van der Waals surface area contributed by atoms with Crippen LogP contribution >= 0.6 is 11.3 Å². The predicted octanol–water partition coefficient (Wildman–Crippen LogP) is 2.54. The quantitative estimate of drug-likeness (QED) is 0.786. The highest BCUT2D eigenvalue weighted by Gasteiger charge is 2.33. The topological polar surface area (TPSA) is 86.4 Å². The van der Waals surface area contributed by atoms with E-state index in [0.29, 0.717) is 10.6 Å². The number of urea groups is 1. The summed E-state index contributed by atoms with van der Waals surface area (Å²) in [4.78, 5) is 32.8. The second-order valence-electron chi connectivity index (χ2n) is 6.73. The fourth-order valence-corrected chi connectivity index (χ4v) is 4.52. The number of piperidine rings is 1. The second kappa shape index (κ2) is 6.27. The Morgan fingerprint density at radius 2 is 2.32 bits per heavy atom. The Balaban J connectivity index is 1.74. The third-order valence-corrected chi connectivity index (χ3v) is 5.73. The Bertz CT molecular complexity index is 841. The van der Waals surface area contributed by atoms with Gasteiger partial charge in [-0.05, 0) is 39.3 Å². The van der Waals surface area contributed by atoms with Crippen molar-refractivity contribution in [2.45, 2.75) is 38.8 Å². The van der Waals surface area contributed by atoms with Crippen LogP contribution in [0, 0.1) is 0 Å². The highest BCUT2D eigenvalue weighted by atomic mass is 32.1. The molecule has 0 saturated carbocycles. The molecular formula is C17H21N5O2S. The van der Waals surface area contributed by atoms with Crippen molar-refractivity contribution in [1.82, 2.24) is 15.6 Å². The van der Waals surface area contributed by atoms with Crippen molar-refractivity contribution in [1.29, 1.82) is 0 Å². The standard InChI is InChI=1S/C17H21N5O2S/c1-9(2)22-11-5-7-19-16-12(11)13(21-17(22)24)14(25-16)15(23)20-10-4-3-6-18-8-10/h5,7,9-10,18H,3-4,6,8H2,1-2H3,(H,20,23)(H,21,24)/t10-/m1/s1. The summed E-state index contributed by atoms with van der Waals surface area (Å²) in [7, 11) is 0. The molecule has 1 atom stereocenters. The SMILES string of the molecule is CC(C)N1C(=O)Nc2c(C(=O)N[C@@H]3CCCNC3)sc3nccc1c23. The lowest BCUT2D eigenvalue weighted by Gasteiger charge is -2.31. The van der Waals surface area contributed by atoms with Crippen LogP contribution in [0.4, 0.5) is 16.2 Å². The van der Waals surface area contributed by atoms with Gasteiger partial charge in [-0.3, -0.25) is 9.69 Å². The molecule has 2 aliphatic rings. The molecule has 132 valence electrons. The van der Waals surface area contributed by atoms with Gasteiger partial charge in [-0.25, -0.2) is 9.78 Å². The molecule has 0 aliphatic carbocycles. The van der Waals surface area contributed by atoms with Crippen molar-refractivity contribution in [3.63, 3.8) is 0 Å². The molecule has 7 nitrogen and oxygen atoms in total. The number of rotatable bonds is 3. The minimum atomic E-state index is -0.207. The largest absolute Gasteiger partial charge is 0.347 e. The Morgan fingerprint density at radius 1 is 1.48 bits per heavy atom. The molecule has 0 aromatic carbocycles. The summed E-state index contributed by atoms with van der Waals surface area (Å²) in [6.45, 7) is 5.71. The Hall–Kier alpha value is -2.19. The maximum atomic E-state index is 12.8. The van der Waals surface area contributed by atoms with E-state index in [0.717, 1.165) is 41.8 Å². The summed E-state index contributed by atoms with van der Waals surface area (Å²) in [6, 6.07) is 1.77. The van der Waals surface area contributed by atoms with E-state index >= 15 is 0 Å². The van der Waals surface area contributed by atoms with Crippen molar-refractivity contribution in [2.24, 2.45) is 0 Å². The molecule has 3 N–H and O–H groups in total. The maximum Gasteiger partial charge on any atom is 0.326 e. The summed E-state index contributed by atoms with van der Waals surface area (Å²) in [5, 5.41) is 10.1. The van der Waals surface area contributed by atoms with Crippen molar-refractivity contribution in [3.05, 3.63) is 17.1 Å². The number of nitrogens with zero attached hydrogens (tertiary/aromatic N) is 2. The van der Waals surface area contributed by atoms with Gasteiger partial charge in [0.2, 0.25) is 0 Å². The van der Waals surface area contributed by atoms with E-state index in [9.17, 15) is 9.59 Å². The molecule has 1 saturated heterocycles. The van der Waals surface area contributed by atoms with Crippen molar-refractivity contribution >= 4 is 44.9 Å². The summed E-state index contributed by atoms with van der Waals surface area (Å²) in [5.41, 5.74) is 1.40. The smallest absolute Gasteiger partial charge is 0.326 e. The second-order valence-corrected chi connectivity index (χ2v) is 7.73.